The van der Waals surface area contributed by atoms with E-state index in [1.807, 2.05) is 19.9 Å². The Morgan fingerprint density at radius 2 is 1.96 bits per heavy atom. The highest BCUT2D eigenvalue weighted by Crippen LogP contribution is 2.34. The van der Waals surface area contributed by atoms with Crippen LogP contribution in [-0.2, 0) is 4.79 Å². The van der Waals surface area contributed by atoms with Crippen molar-refractivity contribution in [1.82, 2.24) is 15.5 Å². The number of hydrogen-bond donors (Lipinski definition) is 2. The Hall–Kier alpha value is -2.11. The largest absolute Gasteiger partial charge is 0.356 e. The van der Waals surface area contributed by atoms with Gasteiger partial charge in [0.25, 0.3) is 0 Å². The van der Waals surface area contributed by atoms with E-state index in [9.17, 15) is 14.0 Å². The monoisotopic (exact) mass is 375 g/mol. The Labute approximate surface area is 160 Å². The molecule has 27 heavy (non-hydrogen) atoms. The summed E-state index contributed by atoms with van der Waals surface area (Å²) in [4.78, 5) is 27.1. The lowest BCUT2D eigenvalue weighted by molar-refractivity contribution is -0.126. The predicted molar refractivity (Wildman–Crippen MR) is 103 cm³/mol. The number of amides is 3. The van der Waals surface area contributed by atoms with Crippen molar-refractivity contribution in [1.29, 1.82) is 0 Å². The van der Waals surface area contributed by atoms with Gasteiger partial charge < -0.3 is 15.5 Å². The van der Waals surface area contributed by atoms with Gasteiger partial charge in [-0.15, -0.1) is 0 Å². The molecule has 2 atom stereocenters. The summed E-state index contributed by atoms with van der Waals surface area (Å²) in [7, 11) is 0. The van der Waals surface area contributed by atoms with Crippen LogP contribution in [0.5, 0.6) is 0 Å². The highest BCUT2D eigenvalue weighted by atomic mass is 19.1. The fourth-order valence-corrected chi connectivity index (χ4v) is 3.67. The Bertz CT molecular complexity index is 703. The third-order valence-corrected chi connectivity index (χ3v) is 5.45. The van der Waals surface area contributed by atoms with Crippen LogP contribution in [0.25, 0.3) is 0 Å². The molecule has 3 amide bonds. The van der Waals surface area contributed by atoms with E-state index in [0.717, 1.165) is 18.5 Å². The number of carbonyl (C=O) groups excluding carboxylic acids is 2. The first kappa shape index (κ1) is 19.6. The number of benzene rings is 1. The van der Waals surface area contributed by atoms with Crippen LogP contribution in [0, 0.1) is 24.6 Å². The van der Waals surface area contributed by atoms with Crippen LogP contribution >= 0.6 is 0 Å². The van der Waals surface area contributed by atoms with Crippen molar-refractivity contribution in [3.8, 4) is 0 Å². The minimum absolute atomic E-state index is 0.0113. The zero-order valence-electron chi connectivity index (χ0n) is 16.4. The van der Waals surface area contributed by atoms with Gasteiger partial charge in [0, 0.05) is 19.1 Å². The van der Waals surface area contributed by atoms with Crippen LogP contribution in [0.3, 0.4) is 0 Å². The smallest absolute Gasteiger partial charge is 0.318 e. The van der Waals surface area contributed by atoms with E-state index in [2.05, 4.69) is 10.6 Å². The molecule has 1 aromatic carbocycles. The Kier molecular flexibility index (Phi) is 6.02. The summed E-state index contributed by atoms with van der Waals surface area (Å²) in [6.07, 6.45) is 3.81. The van der Waals surface area contributed by atoms with Crippen molar-refractivity contribution in [2.24, 2.45) is 11.8 Å². The van der Waals surface area contributed by atoms with E-state index in [-0.39, 0.29) is 35.8 Å². The molecular formula is C21H30FN3O2. The molecule has 3 rings (SSSR count). The number of nitrogens with one attached hydrogen (secondary N) is 2. The maximum Gasteiger partial charge on any atom is 0.318 e. The fourth-order valence-electron chi connectivity index (χ4n) is 3.67. The number of piperidine rings is 1. The first-order valence-electron chi connectivity index (χ1n) is 9.96. The number of nitrogens with zero attached hydrogens (tertiary/aromatic N) is 1. The molecule has 0 aromatic heterocycles. The van der Waals surface area contributed by atoms with E-state index in [4.69, 9.17) is 0 Å². The standard InChI is InChI=1S/C21H30FN3O2/c1-13(2)24-21(27)25-12-17(20(26)23-11-15-4-5-15)7-9-19(25)16-6-8-18(22)14(3)10-16/h6,8,10,13,15,17,19H,4-5,7,9,11-12H2,1-3H3,(H,23,26)(H,24,27). The van der Waals surface area contributed by atoms with Crippen molar-refractivity contribution < 1.29 is 14.0 Å². The molecule has 2 N–H and O–H groups in total. The molecule has 2 fully saturated rings. The van der Waals surface area contributed by atoms with Gasteiger partial charge in [-0.2, -0.15) is 0 Å². The first-order chi connectivity index (χ1) is 12.8. The fraction of sp³-hybridized carbons (Fsp3) is 0.619. The highest BCUT2D eigenvalue weighted by Gasteiger charge is 2.36. The van der Waals surface area contributed by atoms with Crippen molar-refractivity contribution in [2.75, 3.05) is 13.1 Å². The van der Waals surface area contributed by atoms with Crippen molar-refractivity contribution in [2.45, 2.75) is 58.5 Å². The number of aryl methyl sites for hydroxylation is 1. The summed E-state index contributed by atoms with van der Waals surface area (Å²) in [5, 5.41) is 5.98. The van der Waals surface area contributed by atoms with Gasteiger partial charge in [-0.25, -0.2) is 9.18 Å². The maximum absolute atomic E-state index is 13.7. The molecule has 1 aliphatic heterocycles. The minimum atomic E-state index is -0.245. The topological polar surface area (TPSA) is 61.4 Å². The van der Waals surface area contributed by atoms with Gasteiger partial charge >= 0.3 is 6.03 Å². The van der Waals surface area contributed by atoms with Crippen LogP contribution in [0.4, 0.5) is 9.18 Å². The Morgan fingerprint density at radius 3 is 2.59 bits per heavy atom. The summed E-state index contributed by atoms with van der Waals surface area (Å²) in [6, 6.07) is 4.71. The summed E-state index contributed by atoms with van der Waals surface area (Å²) in [5.41, 5.74) is 1.49. The molecule has 2 unspecified atom stereocenters. The zero-order valence-corrected chi connectivity index (χ0v) is 16.4. The lowest BCUT2D eigenvalue weighted by Gasteiger charge is -2.40. The normalized spacial score (nSPS) is 22.6. The van der Waals surface area contributed by atoms with Gasteiger partial charge in [0.05, 0.1) is 12.0 Å². The molecule has 0 bridgehead atoms. The van der Waals surface area contributed by atoms with Gasteiger partial charge in [0.15, 0.2) is 0 Å². The lowest BCUT2D eigenvalue weighted by atomic mass is 9.88. The van der Waals surface area contributed by atoms with Crippen LogP contribution in [0.1, 0.15) is 56.7 Å². The summed E-state index contributed by atoms with van der Waals surface area (Å²) < 4.78 is 13.7. The van der Waals surface area contributed by atoms with Crippen molar-refractivity contribution in [3.63, 3.8) is 0 Å². The molecule has 5 nitrogen and oxygen atoms in total. The molecule has 1 aromatic rings. The number of halogens is 1. The van der Waals surface area contributed by atoms with Crippen molar-refractivity contribution >= 4 is 11.9 Å². The molecule has 1 saturated carbocycles. The van der Waals surface area contributed by atoms with Gasteiger partial charge in [-0.1, -0.05) is 12.1 Å². The third kappa shape index (κ3) is 4.99. The molecule has 6 heteroatoms. The Morgan fingerprint density at radius 1 is 1.22 bits per heavy atom. The SMILES string of the molecule is Cc1cc(C2CCC(C(=O)NCC3CC3)CN2C(=O)NC(C)C)ccc1F. The Balaban J connectivity index is 1.75. The first-order valence-corrected chi connectivity index (χ1v) is 9.96. The average Bonchev–Trinajstić information content (AvgIpc) is 3.45. The van der Waals surface area contributed by atoms with Gasteiger partial charge in [0.2, 0.25) is 5.91 Å². The molecular weight excluding hydrogens is 345 g/mol. The summed E-state index contributed by atoms with van der Waals surface area (Å²) in [5.74, 6) is 0.232. The quantitative estimate of drug-likeness (QED) is 0.827. The summed E-state index contributed by atoms with van der Waals surface area (Å²) >= 11 is 0. The second kappa shape index (κ2) is 8.28. The van der Waals surface area contributed by atoms with Crippen LogP contribution in [0.2, 0.25) is 0 Å². The molecule has 1 aliphatic carbocycles. The van der Waals surface area contributed by atoms with Gasteiger partial charge in [-0.05, 0) is 69.6 Å². The number of urea groups is 1. The van der Waals surface area contributed by atoms with E-state index >= 15 is 0 Å². The second-order valence-corrected chi connectivity index (χ2v) is 8.24. The van der Waals surface area contributed by atoms with E-state index < -0.39 is 0 Å². The molecule has 1 heterocycles. The van der Waals surface area contributed by atoms with Crippen LogP contribution in [-0.4, -0.2) is 36.0 Å². The van der Waals surface area contributed by atoms with E-state index in [0.29, 0.717) is 24.4 Å². The average molecular weight is 375 g/mol. The minimum Gasteiger partial charge on any atom is -0.356 e. The molecule has 0 spiro atoms. The number of rotatable bonds is 5. The maximum atomic E-state index is 13.7. The molecule has 148 valence electrons. The van der Waals surface area contributed by atoms with Crippen LogP contribution < -0.4 is 10.6 Å². The van der Waals surface area contributed by atoms with Crippen LogP contribution in [0.15, 0.2) is 18.2 Å². The number of hydrogen-bond acceptors (Lipinski definition) is 2. The lowest BCUT2D eigenvalue weighted by Crippen LogP contribution is -2.51. The van der Waals surface area contributed by atoms with E-state index in [1.54, 1.807) is 17.9 Å². The molecule has 1 saturated heterocycles. The second-order valence-electron chi connectivity index (χ2n) is 8.24. The van der Waals surface area contributed by atoms with Gasteiger partial charge in [0.1, 0.15) is 5.82 Å². The third-order valence-electron chi connectivity index (χ3n) is 5.45. The molecule has 2 aliphatic rings. The zero-order chi connectivity index (χ0) is 19.6. The van der Waals surface area contributed by atoms with E-state index in [1.165, 1.54) is 18.9 Å². The molecule has 0 radical (unpaired) electrons. The van der Waals surface area contributed by atoms with Crippen molar-refractivity contribution in [3.05, 3.63) is 35.1 Å². The number of carbonyl (C=O) groups is 2. The number of likely N-dealkylation sites (tertiary alicyclic amines) is 1. The predicted octanol–water partition coefficient (Wildman–Crippen LogP) is 3.53. The highest BCUT2D eigenvalue weighted by molar-refractivity contribution is 5.81. The van der Waals surface area contributed by atoms with Gasteiger partial charge in [-0.3, -0.25) is 4.79 Å². The summed E-state index contributed by atoms with van der Waals surface area (Å²) in [6.45, 7) is 6.69.